The summed E-state index contributed by atoms with van der Waals surface area (Å²) in [6, 6.07) is 3.48. The number of fused-ring (bicyclic) bond motifs is 1. The summed E-state index contributed by atoms with van der Waals surface area (Å²) in [7, 11) is 0. The lowest BCUT2D eigenvalue weighted by Crippen LogP contribution is -2.35. The van der Waals surface area contributed by atoms with Crippen LogP contribution in [-0.2, 0) is 11.2 Å². The van der Waals surface area contributed by atoms with Gasteiger partial charge < -0.3 is 15.3 Å². The van der Waals surface area contributed by atoms with E-state index in [4.69, 9.17) is 0 Å². The molecule has 0 bridgehead atoms. The third-order valence-electron chi connectivity index (χ3n) is 4.53. The molecule has 0 unspecified atom stereocenters. The van der Waals surface area contributed by atoms with Crippen LogP contribution in [0.25, 0.3) is 0 Å². The minimum Gasteiger partial charge on any atom is -0.396 e. The fourth-order valence-corrected chi connectivity index (χ4v) is 3.26. The Morgan fingerprint density at radius 3 is 2.68 bits per heavy atom. The molecule has 118 valence electrons. The van der Waals surface area contributed by atoms with Gasteiger partial charge in [0.2, 0.25) is 5.91 Å². The van der Waals surface area contributed by atoms with Gasteiger partial charge >= 0.3 is 0 Å². The van der Waals surface area contributed by atoms with Gasteiger partial charge in [0, 0.05) is 26.1 Å². The Balaban J connectivity index is 1.95. The molecule has 0 saturated carbocycles. The molecule has 1 amide bonds. The fourth-order valence-electron chi connectivity index (χ4n) is 3.26. The highest BCUT2D eigenvalue weighted by molar-refractivity contribution is 5.96. The molecule has 7 nitrogen and oxygen atoms in total. The molecule has 2 aliphatic rings. The summed E-state index contributed by atoms with van der Waals surface area (Å²) < 4.78 is 0. The first-order valence-corrected chi connectivity index (χ1v) is 7.56. The van der Waals surface area contributed by atoms with Crippen molar-refractivity contribution in [3.63, 3.8) is 0 Å². The topological polar surface area (TPSA) is 95.7 Å². The number of rotatable bonds is 3. The van der Waals surface area contributed by atoms with E-state index in [2.05, 4.69) is 5.32 Å². The maximum absolute atomic E-state index is 11.6. The second-order valence-corrected chi connectivity index (χ2v) is 5.88. The minimum absolute atomic E-state index is 0.0988. The monoisotopic (exact) mass is 305 g/mol. The van der Waals surface area contributed by atoms with Gasteiger partial charge in [0.15, 0.2) is 0 Å². The number of carbonyl (C=O) groups is 1. The van der Waals surface area contributed by atoms with Crippen molar-refractivity contribution in [2.45, 2.75) is 25.7 Å². The Bertz CT molecular complexity index is 609. The molecule has 0 radical (unpaired) electrons. The largest absolute Gasteiger partial charge is 0.396 e. The number of aliphatic hydroxyl groups excluding tert-OH is 1. The van der Waals surface area contributed by atoms with Crippen LogP contribution in [0.5, 0.6) is 0 Å². The van der Waals surface area contributed by atoms with E-state index in [0.717, 1.165) is 12.8 Å². The summed E-state index contributed by atoms with van der Waals surface area (Å²) >= 11 is 0. The third kappa shape index (κ3) is 2.64. The number of aliphatic hydroxyl groups is 1. The van der Waals surface area contributed by atoms with E-state index in [0.29, 0.717) is 36.4 Å². The predicted molar refractivity (Wildman–Crippen MR) is 82.1 cm³/mol. The molecule has 2 N–H and O–H groups in total. The number of hydrogen-bond donors (Lipinski definition) is 2. The maximum atomic E-state index is 11.6. The van der Waals surface area contributed by atoms with E-state index in [-0.39, 0.29) is 35.5 Å². The molecule has 22 heavy (non-hydrogen) atoms. The summed E-state index contributed by atoms with van der Waals surface area (Å²) in [5.41, 5.74) is 1.90. The molecule has 1 aromatic carbocycles. The third-order valence-corrected chi connectivity index (χ3v) is 4.53. The quantitative estimate of drug-likeness (QED) is 0.654. The summed E-state index contributed by atoms with van der Waals surface area (Å²) in [5, 5.41) is 23.5. The normalized spacial score (nSPS) is 18.8. The highest BCUT2D eigenvalue weighted by Gasteiger charge is 2.31. The maximum Gasteiger partial charge on any atom is 0.297 e. The Morgan fingerprint density at radius 1 is 1.32 bits per heavy atom. The van der Waals surface area contributed by atoms with Gasteiger partial charge in [-0.3, -0.25) is 14.9 Å². The number of amides is 1. The molecule has 2 heterocycles. The van der Waals surface area contributed by atoms with E-state index < -0.39 is 0 Å². The molecule has 0 atom stereocenters. The van der Waals surface area contributed by atoms with Gasteiger partial charge in [0.05, 0.1) is 16.2 Å². The first kappa shape index (κ1) is 14.8. The van der Waals surface area contributed by atoms with Crippen molar-refractivity contribution >= 4 is 23.0 Å². The molecule has 0 aliphatic carbocycles. The van der Waals surface area contributed by atoms with Crippen LogP contribution in [0.3, 0.4) is 0 Å². The zero-order valence-corrected chi connectivity index (χ0v) is 12.2. The Hall–Kier alpha value is -2.15. The van der Waals surface area contributed by atoms with Gasteiger partial charge in [-0.25, -0.2) is 0 Å². The first-order valence-electron chi connectivity index (χ1n) is 7.56. The van der Waals surface area contributed by atoms with E-state index in [1.807, 2.05) is 4.90 Å². The number of nitro groups is 1. The van der Waals surface area contributed by atoms with Gasteiger partial charge in [-0.15, -0.1) is 0 Å². The molecule has 3 rings (SSSR count). The lowest BCUT2D eigenvalue weighted by molar-refractivity contribution is -0.384. The summed E-state index contributed by atoms with van der Waals surface area (Å²) in [6.45, 7) is 1.58. The molecule has 7 heteroatoms. The van der Waals surface area contributed by atoms with Crippen LogP contribution < -0.4 is 10.2 Å². The Kier molecular flexibility index (Phi) is 3.98. The van der Waals surface area contributed by atoms with Gasteiger partial charge in [0.1, 0.15) is 5.69 Å². The average Bonchev–Trinajstić information content (AvgIpc) is 2.53. The van der Waals surface area contributed by atoms with E-state index in [1.165, 1.54) is 0 Å². The van der Waals surface area contributed by atoms with Gasteiger partial charge in [0.25, 0.3) is 5.69 Å². The second kappa shape index (κ2) is 5.92. The van der Waals surface area contributed by atoms with Crippen molar-refractivity contribution in [3.05, 3.63) is 27.8 Å². The van der Waals surface area contributed by atoms with Crippen molar-refractivity contribution in [3.8, 4) is 0 Å². The van der Waals surface area contributed by atoms with Crippen LogP contribution in [0.1, 0.15) is 24.8 Å². The highest BCUT2D eigenvalue weighted by atomic mass is 16.6. The Morgan fingerprint density at radius 2 is 2.05 bits per heavy atom. The van der Waals surface area contributed by atoms with Gasteiger partial charge in [-0.05, 0) is 37.3 Å². The molecule has 0 aromatic heterocycles. The molecular weight excluding hydrogens is 286 g/mol. The predicted octanol–water partition coefficient (Wildman–Crippen LogP) is 1.69. The molecule has 2 aliphatic heterocycles. The fraction of sp³-hybridized carbons (Fsp3) is 0.533. The number of nitro benzene ring substituents is 1. The smallest absolute Gasteiger partial charge is 0.297 e. The SMILES string of the molecule is O=C1CCc2c(ccc(N3CCC(CO)CC3)c2[N+](=O)[O-])N1. The second-order valence-electron chi connectivity index (χ2n) is 5.88. The van der Waals surface area contributed by atoms with Crippen LogP contribution >= 0.6 is 0 Å². The van der Waals surface area contributed by atoms with Crippen molar-refractivity contribution in [2.75, 3.05) is 29.9 Å². The summed E-state index contributed by atoms with van der Waals surface area (Å²) in [4.78, 5) is 24.7. The minimum atomic E-state index is -0.343. The zero-order chi connectivity index (χ0) is 15.7. The van der Waals surface area contributed by atoms with E-state index in [9.17, 15) is 20.0 Å². The number of carbonyl (C=O) groups excluding carboxylic acids is 1. The van der Waals surface area contributed by atoms with Crippen molar-refractivity contribution in [2.24, 2.45) is 5.92 Å². The molecule has 1 saturated heterocycles. The summed E-state index contributed by atoms with van der Waals surface area (Å²) in [5.74, 6) is 0.186. The van der Waals surface area contributed by atoms with Crippen molar-refractivity contribution < 1.29 is 14.8 Å². The van der Waals surface area contributed by atoms with Crippen LogP contribution in [-0.4, -0.2) is 35.6 Å². The van der Waals surface area contributed by atoms with Crippen LogP contribution in [0.4, 0.5) is 17.1 Å². The number of nitrogens with one attached hydrogen (secondary N) is 1. The van der Waals surface area contributed by atoms with Crippen molar-refractivity contribution in [1.82, 2.24) is 0 Å². The lowest BCUT2D eigenvalue weighted by Gasteiger charge is -2.33. The Labute approximate surface area is 128 Å². The molecule has 1 aromatic rings. The molecule has 0 spiro atoms. The number of benzene rings is 1. The van der Waals surface area contributed by atoms with Crippen LogP contribution in [0, 0.1) is 16.0 Å². The molecule has 1 fully saturated rings. The van der Waals surface area contributed by atoms with Crippen LogP contribution in [0.15, 0.2) is 12.1 Å². The van der Waals surface area contributed by atoms with Crippen molar-refractivity contribution in [1.29, 1.82) is 0 Å². The number of hydrogen-bond acceptors (Lipinski definition) is 5. The number of piperidine rings is 1. The van der Waals surface area contributed by atoms with E-state index >= 15 is 0 Å². The first-order chi connectivity index (χ1) is 10.6. The molecular formula is C15H19N3O4. The standard InChI is InChI=1S/C15H19N3O4/c19-9-10-5-7-17(8-6-10)13-3-2-12-11(15(13)18(21)22)1-4-14(20)16-12/h2-3,10,19H,1,4-9H2,(H,16,20). The van der Waals surface area contributed by atoms with Crippen LogP contribution in [0.2, 0.25) is 0 Å². The highest BCUT2D eigenvalue weighted by Crippen LogP contribution is 2.40. The van der Waals surface area contributed by atoms with Gasteiger partial charge in [-0.2, -0.15) is 0 Å². The van der Waals surface area contributed by atoms with Gasteiger partial charge in [-0.1, -0.05) is 0 Å². The lowest BCUT2D eigenvalue weighted by atomic mass is 9.95. The average molecular weight is 305 g/mol. The van der Waals surface area contributed by atoms with E-state index in [1.54, 1.807) is 12.1 Å². The number of nitrogens with zero attached hydrogens (tertiary/aromatic N) is 2. The zero-order valence-electron chi connectivity index (χ0n) is 12.2. The summed E-state index contributed by atoms with van der Waals surface area (Å²) in [6.07, 6.45) is 2.35. The number of anilines is 2.